The number of furan rings is 1. The van der Waals surface area contributed by atoms with Crippen molar-refractivity contribution in [1.29, 1.82) is 0 Å². The zero-order valence-electron chi connectivity index (χ0n) is 8.60. The van der Waals surface area contributed by atoms with Gasteiger partial charge in [-0.05, 0) is 34.1 Å². The van der Waals surface area contributed by atoms with Gasteiger partial charge >= 0.3 is 0 Å². The fourth-order valence-corrected chi connectivity index (χ4v) is 1.84. The van der Waals surface area contributed by atoms with E-state index in [2.05, 4.69) is 15.9 Å². The van der Waals surface area contributed by atoms with Crippen LogP contribution in [0.1, 0.15) is 11.8 Å². The molecular formula is C12H12BrNO2. The number of hydrogen-bond donors (Lipinski definition) is 1. The van der Waals surface area contributed by atoms with Crippen molar-refractivity contribution in [3.05, 3.63) is 52.9 Å². The van der Waals surface area contributed by atoms with Gasteiger partial charge < -0.3 is 14.9 Å². The molecule has 1 atom stereocenters. The van der Waals surface area contributed by atoms with E-state index in [1.54, 1.807) is 6.26 Å². The summed E-state index contributed by atoms with van der Waals surface area (Å²) in [6.07, 6.45) is 1.60. The molecule has 0 spiro atoms. The van der Waals surface area contributed by atoms with E-state index in [1.807, 2.05) is 36.4 Å². The Morgan fingerprint density at radius 3 is 2.62 bits per heavy atom. The highest BCUT2D eigenvalue weighted by Crippen LogP contribution is 2.23. The fourth-order valence-electron chi connectivity index (χ4n) is 1.35. The predicted molar refractivity (Wildman–Crippen MR) is 65.3 cm³/mol. The van der Waals surface area contributed by atoms with E-state index in [-0.39, 0.29) is 6.04 Å². The summed E-state index contributed by atoms with van der Waals surface area (Å²) >= 11 is 3.36. The highest BCUT2D eigenvalue weighted by Gasteiger charge is 2.13. The van der Waals surface area contributed by atoms with E-state index in [0.717, 1.165) is 10.2 Å². The standard InChI is InChI=1S/C12H12BrNO2/c13-10-6-7-15-12(10)11(14)8-16-9-4-2-1-3-5-9/h1-7,11H,8,14H2. The number of nitrogens with two attached hydrogens (primary N) is 1. The lowest BCUT2D eigenvalue weighted by atomic mass is 10.2. The molecule has 0 aliphatic rings. The third-order valence-electron chi connectivity index (χ3n) is 2.15. The Hall–Kier alpha value is -1.26. The van der Waals surface area contributed by atoms with E-state index < -0.39 is 0 Å². The van der Waals surface area contributed by atoms with Crippen LogP contribution in [0.4, 0.5) is 0 Å². The van der Waals surface area contributed by atoms with Gasteiger partial charge in [0.15, 0.2) is 0 Å². The highest BCUT2D eigenvalue weighted by atomic mass is 79.9. The lowest BCUT2D eigenvalue weighted by Gasteiger charge is -2.11. The van der Waals surface area contributed by atoms with E-state index in [1.165, 1.54) is 0 Å². The van der Waals surface area contributed by atoms with Crippen LogP contribution in [0.3, 0.4) is 0 Å². The van der Waals surface area contributed by atoms with Crippen molar-refractivity contribution in [2.45, 2.75) is 6.04 Å². The first-order valence-electron chi connectivity index (χ1n) is 4.93. The maximum Gasteiger partial charge on any atom is 0.138 e. The zero-order valence-corrected chi connectivity index (χ0v) is 10.2. The number of halogens is 1. The normalized spacial score (nSPS) is 12.4. The van der Waals surface area contributed by atoms with Gasteiger partial charge in [-0.25, -0.2) is 0 Å². The van der Waals surface area contributed by atoms with E-state index >= 15 is 0 Å². The summed E-state index contributed by atoms with van der Waals surface area (Å²) < 4.78 is 11.7. The molecule has 0 aliphatic carbocycles. The molecule has 3 nitrogen and oxygen atoms in total. The van der Waals surface area contributed by atoms with Gasteiger partial charge in [-0.15, -0.1) is 0 Å². The second-order valence-corrected chi connectivity index (χ2v) is 4.22. The molecule has 2 aromatic rings. The van der Waals surface area contributed by atoms with Crippen molar-refractivity contribution < 1.29 is 9.15 Å². The van der Waals surface area contributed by atoms with E-state index in [9.17, 15) is 0 Å². The Bertz CT molecular complexity index is 441. The predicted octanol–water partition coefficient (Wildman–Crippen LogP) is 3.12. The molecular weight excluding hydrogens is 270 g/mol. The number of ether oxygens (including phenoxy) is 1. The minimum Gasteiger partial charge on any atom is -0.491 e. The molecule has 1 unspecified atom stereocenters. The van der Waals surface area contributed by atoms with Crippen LogP contribution in [0.5, 0.6) is 5.75 Å². The molecule has 2 N–H and O–H groups in total. The summed E-state index contributed by atoms with van der Waals surface area (Å²) in [5, 5.41) is 0. The molecule has 16 heavy (non-hydrogen) atoms. The third kappa shape index (κ3) is 2.65. The van der Waals surface area contributed by atoms with Crippen LogP contribution in [0, 0.1) is 0 Å². The first-order chi connectivity index (χ1) is 7.77. The molecule has 0 saturated carbocycles. The molecule has 1 heterocycles. The Morgan fingerprint density at radius 2 is 2.00 bits per heavy atom. The van der Waals surface area contributed by atoms with Crippen molar-refractivity contribution in [3.63, 3.8) is 0 Å². The molecule has 4 heteroatoms. The van der Waals surface area contributed by atoms with Crippen molar-refractivity contribution in [3.8, 4) is 5.75 Å². The molecule has 0 aliphatic heterocycles. The molecule has 84 valence electrons. The summed E-state index contributed by atoms with van der Waals surface area (Å²) in [4.78, 5) is 0. The minimum absolute atomic E-state index is 0.274. The maximum absolute atomic E-state index is 5.94. The SMILES string of the molecule is NC(COc1ccccc1)c1occc1Br. The number of benzene rings is 1. The molecule has 0 fully saturated rings. The van der Waals surface area contributed by atoms with Gasteiger partial charge in [-0.3, -0.25) is 0 Å². The first kappa shape index (κ1) is 11.2. The number of hydrogen-bond acceptors (Lipinski definition) is 3. The zero-order chi connectivity index (χ0) is 11.4. The molecule has 0 amide bonds. The summed E-state index contributed by atoms with van der Waals surface area (Å²) in [6.45, 7) is 0.385. The van der Waals surface area contributed by atoms with Crippen molar-refractivity contribution >= 4 is 15.9 Å². The summed E-state index contributed by atoms with van der Waals surface area (Å²) in [5.74, 6) is 1.51. The summed E-state index contributed by atoms with van der Waals surface area (Å²) in [6, 6.07) is 11.1. The van der Waals surface area contributed by atoms with Gasteiger partial charge in [0.2, 0.25) is 0 Å². The third-order valence-corrected chi connectivity index (χ3v) is 2.81. The quantitative estimate of drug-likeness (QED) is 0.937. The van der Waals surface area contributed by atoms with Crippen molar-refractivity contribution in [2.24, 2.45) is 5.73 Å². The van der Waals surface area contributed by atoms with Gasteiger partial charge in [-0.1, -0.05) is 18.2 Å². The van der Waals surface area contributed by atoms with Crippen LogP contribution >= 0.6 is 15.9 Å². The topological polar surface area (TPSA) is 48.4 Å². The summed E-state index contributed by atoms with van der Waals surface area (Å²) in [7, 11) is 0. The highest BCUT2D eigenvalue weighted by molar-refractivity contribution is 9.10. The van der Waals surface area contributed by atoms with Crippen LogP contribution in [-0.2, 0) is 0 Å². The molecule has 1 aromatic heterocycles. The molecule has 2 rings (SSSR count). The summed E-state index contributed by atoms with van der Waals surface area (Å²) in [5.41, 5.74) is 5.94. The Labute approximate surface area is 102 Å². The van der Waals surface area contributed by atoms with Crippen molar-refractivity contribution in [2.75, 3.05) is 6.61 Å². The Morgan fingerprint density at radius 1 is 1.25 bits per heavy atom. The van der Waals surface area contributed by atoms with Crippen LogP contribution in [0.15, 0.2) is 51.6 Å². The molecule has 0 radical (unpaired) electrons. The Kier molecular flexibility index (Phi) is 3.64. The van der Waals surface area contributed by atoms with Crippen LogP contribution in [0.25, 0.3) is 0 Å². The van der Waals surface area contributed by atoms with Gasteiger partial charge in [-0.2, -0.15) is 0 Å². The number of para-hydroxylation sites is 1. The Balaban J connectivity index is 1.94. The van der Waals surface area contributed by atoms with Gasteiger partial charge in [0.25, 0.3) is 0 Å². The maximum atomic E-state index is 5.94. The average Bonchev–Trinajstić information content (AvgIpc) is 2.74. The second-order valence-electron chi connectivity index (χ2n) is 3.36. The molecule has 0 bridgehead atoms. The smallest absolute Gasteiger partial charge is 0.138 e. The van der Waals surface area contributed by atoms with Crippen LogP contribution < -0.4 is 10.5 Å². The largest absolute Gasteiger partial charge is 0.491 e. The van der Waals surface area contributed by atoms with E-state index in [4.69, 9.17) is 14.9 Å². The fraction of sp³-hybridized carbons (Fsp3) is 0.167. The second kappa shape index (κ2) is 5.18. The van der Waals surface area contributed by atoms with E-state index in [0.29, 0.717) is 12.4 Å². The van der Waals surface area contributed by atoms with Gasteiger partial charge in [0, 0.05) is 0 Å². The number of rotatable bonds is 4. The van der Waals surface area contributed by atoms with Crippen LogP contribution in [-0.4, -0.2) is 6.61 Å². The lowest BCUT2D eigenvalue weighted by Crippen LogP contribution is -2.18. The monoisotopic (exact) mass is 281 g/mol. The first-order valence-corrected chi connectivity index (χ1v) is 5.73. The minimum atomic E-state index is -0.274. The van der Waals surface area contributed by atoms with Gasteiger partial charge in [0.1, 0.15) is 18.1 Å². The molecule has 1 aromatic carbocycles. The lowest BCUT2D eigenvalue weighted by molar-refractivity contribution is 0.272. The van der Waals surface area contributed by atoms with Crippen molar-refractivity contribution in [1.82, 2.24) is 0 Å². The van der Waals surface area contributed by atoms with Crippen LogP contribution in [0.2, 0.25) is 0 Å². The average molecular weight is 282 g/mol. The molecule has 0 saturated heterocycles. The van der Waals surface area contributed by atoms with Gasteiger partial charge in [0.05, 0.1) is 16.8 Å².